The van der Waals surface area contributed by atoms with E-state index in [1.807, 2.05) is 0 Å². The van der Waals surface area contributed by atoms with Gasteiger partial charge in [0.2, 0.25) is 0 Å². The highest BCUT2D eigenvalue weighted by Gasteiger charge is 2.20. The summed E-state index contributed by atoms with van der Waals surface area (Å²) >= 11 is 5.00. The average molecular weight is 505 g/mol. The number of aromatic nitrogens is 2. The molecule has 1 aromatic carbocycles. The van der Waals surface area contributed by atoms with Gasteiger partial charge in [0.15, 0.2) is 11.5 Å². The van der Waals surface area contributed by atoms with Gasteiger partial charge in [0.1, 0.15) is 11.4 Å². The molecular weight excluding hydrogens is 484 g/mol. The summed E-state index contributed by atoms with van der Waals surface area (Å²) in [6.07, 6.45) is 7.04. The monoisotopic (exact) mass is 504 g/mol. The summed E-state index contributed by atoms with van der Waals surface area (Å²) in [5.74, 6) is 0.694. The van der Waals surface area contributed by atoms with Crippen molar-refractivity contribution in [3.8, 4) is 11.5 Å². The molecule has 0 fully saturated rings. The largest absolute Gasteiger partial charge is 0.493 e. The van der Waals surface area contributed by atoms with Gasteiger partial charge in [-0.05, 0) is 64.9 Å². The summed E-state index contributed by atoms with van der Waals surface area (Å²) in [7, 11) is 3.09. The molecule has 3 aromatic rings. The number of hydrogen-bond acceptors (Lipinski definition) is 7. The van der Waals surface area contributed by atoms with Crippen LogP contribution in [-0.2, 0) is 24.2 Å². The van der Waals surface area contributed by atoms with Gasteiger partial charge in [-0.1, -0.05) is 0 Å². The Hall–Kier alpha value is -2.72. The van der Waals surface area contributed by atoms with Crippen LogP contribution in [0.25, 0.3) is 10.2 Å². The van der Waals surface area contributed by atoms with E-state index >= 15 is 0 Å². The van der Waals surface area contributed by atoms with Crippen LogP contribution >= 0.6 is 27.3 Å². The van der Waals surface area contributed by atoms with Crippen LogP contribution in [0.5, 0.6) is 11.5 Å². The topological polar surface area (TPSA) is 94.8 Å². The zero-order chi connectivity index (χ0) is 22.0. The lowest BCUT2D eigenvalue weighted by atomic mass is 9.97. The highest BCUT2D eigenvalue weighted by Crippen LogP contribution is 2.36. The third-order valence-corrected chi connectivity index (χ3v) is 6.90. The highest BCUT2D eigenvalue weighted by atomic mass is 79.9. The van der Waals surface area contributed by atoms with Gasteiger partial charge < -0.3 is 9.47 Å². The molecule has 0 aliphatic heterocycles. The summed E-state index contributed by atoms with van der Waals surface area (Å²) in [5, 5.41) is 4.65. The molecule has 0 saturated heterocycles. The van der Waals surface area contributed by atoms with Crippen LogP contribution in [0.2, 0.25) is 0 Å². The van der Waals surface area contributed by atoms with E-state index in [-0.39, 0.29) is 12.1 Å². The van der Waals surface area contributed by atoms with Gasteiger partial charge in [0.05, 0.1) is 36.6 Å². The number of nitrogens with one attached hydrogen (secondary N) is 1. The molecule has 1 aliphatic carbocycles. The van der Waals surface area contributed by atoms with Crippen LogP contribution in [0.4, 0.5) is 0 Å². The first-order valence-electron chi connectivity index (χ1n) is 9.75. The van der Waals surface area contributed by atoms with Crippen LogP contribution < -0.4 is 20.5 Å². The molecule has 31 heavy (non-hydrogen) atoms. The number of rotatable bonds is 6. The molecule has 0 bridgehead atoms. The number of hydrogen-bond donors (Lipinski definition) is 1. The molecule has 0 radical (unpaired) electrons. The highest BCUT2D eigenvalue weighted by molar-refractivity contribution is 9.10. The molecule has 162 valence electrons. The van der Waals surface area contributed by atoms with Crippen molar-refractivity contribution >= 4 is 49.6 Å². The molecule has 0 atom stereocenters. The molecule has 0 saturated carbocycles. The standard InChI is InChI=1S/C21H21BrN4O4S/c1-29-15-8-12(7-14(22)19(15)30-2)9-24-25-17(27)10-26-11-23-20-18(21(26)28)13-5-3-4-6-16(13)31-20/h7-9,11H,3-6,10H2,1-2H3,(H,25,27). The second kappa shape index (κ2) is 9.19. The van der Waals surface area contributed by atoms with Crippen molar-refractivity contribution in [2.75, 3.05) is 14.2 Å². The summed E-state index contributed by atoms with van der Waals surface area (Å²) in [5.41, 5.74) is 4.09. The number of methoxy groups -OCH3 is 2. The number of carbonyl (C=O) groups excluding carboxylic acids is 1. The lowest BCUT2D eigenvalue weighted by Gasteiger charge is -2.10. The van der Waals surface area contributed by atoms with E-state index < -0.39 is 5.91 Å². The molecule has 0 unspecified atom stereocenters. The Labute approximate surface area is 191 Å². The second-order valence-corrected chi connectivity index (χ2v) is 9.04. The van der Waals surface area contributed by atoms with Gasteiger partial charge in [0, 0.05) is 4.88 Å². The minimum absolute atomic E-state index is 0.153. The second-order valence-electron chi connectivity index (χ2n) is 7.10. The lowest BCUT2D eigenvalue weighted by molar-refractivity contribution is -0.121. The van der Waals surface area contributed by atoms with E-state index in [9.17, 15) is 9.59 Å². The molecule has 1 aliphatic rings. The van der Waals surface area contributed by atoms with E-state index in [1.54, 1.807) is 37.7 Å². The van der Waals surface area contributed by atoms with E-state index in [2.05, 4.69) is 31.4 Å². The summed E-state index contributed by atoms with van der Waals surface area (Å²) < 4.78 is 12.6. The first-order valence-corrected chi connectivity index (χ1v) is 11.4. The van der Waals surface area contributed by atoms with Crippen molar-refractivity contribution in [2.45, 2.75) is 32.2 Å². The maximum Gasteiger partial charge on any atom is 0.262 e. The van der Waals surface area contributed by atoms with Crippen LogP contribution in [0.3, 0.4) is 0 Å². The number of amides is 1. The molecule has 4 rings (SSSR count). The van der Waals surface area contributed by atoms with Crippen molar-refractivity contribution in [2.24, 2.45) is 5.10 Å². The first-order chi connectivity index (χ1) is 15.0. The van der Waals surface area contributed by atoms with Crippen LogP contribution in [-0.4, -0.2) is 35.9 Å². The zero-order valence-corrected chi connectivity index (χ0v) is 19.5. The van der Waals surface area contributed by atoms with Gasteiger partial charge in [0.25, 0.3) is 11.5 Å². The predicted octanol–water partition coefficient (Wildman–Crippen LogP) is 3.27. The van der Waals surface area contributed by atoms with Gasteiger partial charge in [-0.2, -0.15) is 5.10 Å². The number of ether oxygens (including phenoxy) is 2. The summed E-state index contributed by atoms with van der Waals surface area (Å²) in [6, 6.07) is 3.53. The van der Waals surface area contributed by atoms with Crippen molar-refractivity contribution in [3.05, 3.63) is 49.3 Å². The molecule has 10 heteroatoms. The van der Waals surface area contributed by atoms with Gasteiger partial charge in [-0.3, -0.25) is 14.2 Å². The Kier molecular flexibility index (Phi) is 6.38. The van der Waals surface area contributed by atoms with Crippen LogP contribution in [0.15, 0.2) is 32.8 Å². The lowest BCUT2D eigenvalue weighted by Crippen LogP contribution is -2.30. The Balaban J connectivity index is 1.48. The fraction of sp³-hybridized carbons (Fsp3) is 0.333. The van der Waals surface area contributed by atoms with Gasteiger partial charge in [-0.15, -0.1) is 11.3 Å². The molecule has 1 N–H and O–H groups in total. The Morgan fingerprint density at radius 1 is 1.32 bits per heavy atom. The third kappa shape index (κ3) is 4.35. The smallest absolute Gasteiger partial charge is 0.262 e. The first kappa shape index (κ1) is 21.5. The molecule has 8 nitrogen and oxygen atoms in total. The molecule has 2 aromatic heterocycles. The quantitative estimate of drug-likeness (QED) is 0.410. The summed E-state index contributed by atoms with van der Waals surface area (Å²) in [4.78, 5) is 31.7. The fourth-order valence-electron chi connectivity index (χ4n) is 3.68. The number of halogens is 1. The van der Waals surface area contributed by atoms with E-state index in [0.29, 0.717) is 26.9 Å². The molecule has 0 spiro atoms. The number of thiophene rings is 1. The summed E-state index contributed by atoms with van der Waals surface area (Å²) in [6.45, 7) is -0.153. The van der Waals surface area contributed by atoms with Crippen LogP contribution in [0, 0.1) is 0 Å². The number of hydrazone groups is 1. The molecule has 2 heterocycles. The molecule has 1 amide bonds. The van der Waals surface area contributed by atoms with Crippen molar-refractivity contribution < 1.29 is 14.3 Å². The number of fused-ring (bicyclic) bond motifs is 3. The minimum atomic E-state index is -0.414. The fourth-order valence-corrected chi connectivity index (χ4v) is 5.52. The Bertz CT molecular complexity index is 1230. The number of benzene rings is 1. The number of nitrogens with zero attached hydrogens (tertiary/aromatic N) is 3. The molecular formula is C21H21BrN4O4S. The maximum absolute atomic E-state index is 12.9. The van der Waals surface area contributed by atoms with E-state index in [0.717, 1.165) is 36.1 Å². The third-order valence-electron chi connectivity index (χ3n) is 5.11. The minimum Gasteiger partial charge on any atom is -0.493 e. The SMILES string of the molecule is COc1cc(C=NNC(=O)Cn2cnc3sc4c(c3c2=O)CCCC4)cc(Br)c1OC. The van der Waals surface area contributed by atoms with Crippen molar-refractivity contribution in [1.29, 1.82) is 0 Å². The van der Waals surface area contributed by atoms with Crippen molar-refractivity contribution in [1.82, 2.24) is 15.0 Å². The maximum atomic E-state index is 12.9. The van der Waals surface area contributed by atoms with Gasteiger partial charge >= 0.3 is 0 Å². The Morgan fingerprint density at radius 2 is 2.13 bits per heavy atom. The van der Waals surface area contributed by atoms with Gasteiger partial charge in [-0.25, -0.2) is 10.4 Å². The zero-order valence-electron chi connectivity index (χ0n) is 17.1. The van der Waals surface area contributed by atoms with Crippen LogP contribution in [0.1, 0.15) is 28.8 Å². The number of carbonyl (C=O) groups is 1. The van der Waals surface area contributed by atoms with E-state index in [4.69, 9.17) is 9.47 Å². The Morgan fingerprint density at radius 3 is 2.90 bits per heavy atom. The van der Waals surface area contributed by atoms with Crippen molar-refractivity contribution in [3.63, 3.8) is 0 Å². The average Bonchev–Trinajstić information content (AvgIpc) is 3.14. The number of aryl methyl sites for hydroxylation is 2. The predicted molar refractivity (Wildman–Crippen MR) is 124 cm³/mol. The normalized spacial score (nSPS) is 13.4. The van der Waals surface area contributed by atoms with E-state index in [1.165, 1.54) is 22.0 Å².